The number of carbonyl (C=O) groups is 1. The second-order valence-electron chi connectivity index (χ2n) is 6.02. The van der Waals surface area contributed by atoms with E-state index in [2.05, 4.69) is 20.4 Å². The van der Waals surface area contributed by atoms with Crippen molar-refractivity contribution in [2.24, 2.45) is 0 Å². The molecule has 2 aromatic heterocycles. The van der Waals surface area contributed by atoms with Crippen molar-refractivity contribution in [3.05, 3.63) is 66.1 Å². The van der Waals surface area contributed by atoms with Gasteiger partial charge in [0.2, 0.25) is 5.91 Å². The van der Waals surface area contributed by atoms with Gasteiger partial charge in [-0.05, 0) is 36.4 Å². The molecule has 0 spiro atoms. The number of nitrogens with zero attached hydrogens (tertiary/aromatic N) is 4. The summed E-state index contributed by atoms with van der Waals surface area (Å²) in [5, 5.41) is 9.39. The summed E-state index contributed by atoms with van der Waals surface area (Å²) in [7, 11) is 1.58. The largest absolute Gasteiger partial charge is 0.497 e. The molecule has 0 aliphatic rings. The third kappa shape index (κ3) is 4.33. The first kappa shape index (κ1) is 19.2. The number of benzene rings is 2. The summed E-state index contributed by atoms with van der Waals surface area (Å²) >= 11 is 7.29. The number of anilines is 1. The summed E-state index contributed by atoms with van der Waals surface area (Å²) in [6, 6.07) is 14.5. The molecule has 29 heavy (non-hydrogen) atoms. The number of aromatic nitrogens is 4. The van der Waals surface area contributed by atoms with Crippen LogP contribution in [0.15, 0.2) is 66.1 Å². The normalized spacial score (nSPS) is 10.8. The highest BCUT2D eigenvalue weighted by Gasteiger charge is 2.13. The third-order valence-corrected chi connectivity index (χ3v) is 5.35. The first-order valence-electron chi connectivity index (χ1n) is 8.65. The maximum atomic E-state index is 12.3. The van der Waals surface area contributed by atoms with Crippen LogP contribution in [0.25, 0.3) is 16.7 Å². The van der Waals surface area contributed by atoms with Gasteiger partial charge in [-0.1, -0.05) is 29.4 Å². The third-order valence-electron chi connectivity index (χ3n) is 4.09. The number of hydrogen-bond acceptors (Lipinski definition) is 6. The predicted molar refractivity (Wildman–Crippen MR) is 114 cm³/mol. The smallest absolute Gasteiger partial charge is 0.234 e. The van der Waals surface area contributed by atoms with Crippen LogP contribution in [-0.2, 0) is 4.79 Å². The van der Waals surface area contributed by atoms with E-state index < -0.39 is 0 Å². The van der Waals surface area contributed by atoms with Crippen molar-refractivity contribution in [3.63, 3.8) is 0 Å². The molecule has 146 valence electrons. The molecule has 2 heterocycles. The van der Waals surface area contributed by atoms with Crippen LogP contribution < -0.4 is 10.1 Å². The molecule has 4 rings (SSSR count). The molecule has 9 heteroatoms. The fourth-order valence-corrected chi connectivity index (χ4v) is 3.63. The zero-order valence-electron chi connectivity index (χ0n) is 15.4. The van der Waals surface area contributed by atoms with Crippen molar-refractivity contribution < 1.29 is 9.53 Å². The molecule has 1 N–H and O–H groups in total. The van der Waals surface area contributed by atoms with Crippen LogP contribution in [0.3, 0.4) is 0 Å². The van der Waals surface area contributed by atoms with E-state index in [1.165, 1.54) is 18.1 Å². The van der Waals surface area contributed by atoms with Gasteiger partial charge >= 0.3 is 0 Å². The van der Waals surface area contributed by atoms with Gasteiger partial charge in [-0.15, -0.1) is 0 Å². The van der Waals surface area contributed by atoms with Crippen LogP contribution in [0.4, 0.5) is 5.69 Å². The SMILES string of the molecule is COc1cccc(NC(=O)CSc2ncnc3c2cnn3-c2ccc(Cl)cc2)c1. The lowest BCUT2D eigenvalue weighted by Gasteiger charge is -2.07. The van der Waals surface area contributed by atoms with Gasteiger partial charge in [0.25, 0.3) is 0 Å². The number of carbonyl (C=O) groups excluding carboxylic acids is 1. The average Bonchev–Trinajstić information content (AvgIpc) is 3.18. The fourth-order valence-electron chi connectivity index (χ4n) is 2.74. The highest BCUT2D eigenvalue weighted by Crippen LogP contribution is 2.26. The Balaban J connectivity index is 1.49. The van der Waals surface area contributed by atoms with E-state index in [1.807, 2.05) is 30.3 Å². The molecule has 0 atom stereocenters. The van der Waals surface area contributed by atoms with Gasteiger partial charge in [0, 0.05) is 16.8 Å². The number of amides is 1. The maximum Gasteiger partial charge on any atom is 0.234 e. The van der Waals surface area contributed by atoms with Gasteiger partial charge in [-0.3, -0.25) is 4.79 Å². The Bertz CT molecular complexity index is 1160. The molecule has 2 aromatic carbocycles. The molecule has 7 nitrogen and oxygen atoms in total. The van der Waals surface area contributed by atoms with E-state index in [-0.39, 0.29) is 11.7 Å². The van der Waals surface area contributed by atoms with Crippen LogP contribution in [-0.4, -0.2) is 38.5 Å². The van der Waals surface area contributed by atoms with E-state index in [9.17, 15) is 4.79 Å². The lowest BCUT2D eigenvalue weighted by molar-refractivity contribution is -0.113. The van der Waals surface area contributed by atoms with Gasteiger partial charge in [0.05, 0.1) is 30.1 Å². The first-order chi connectivity index (χ1) is 14.1. The minimum absolute atomic E-state index is 0.139. The minimum Gasteiger partial charge on any atom is -0.497 e. The monoisotopic (exact) mass is 425 g/mol. The number of halogens is 1. The summed E-state index contributed by atoms with van der Waals surface area (Å²) in [6.07, 6.45) is 3.17. The zero-order chi connectivity index (χ0) is 20.2. The minimum atomic E-state index is -0.139. The van der Waals surface area contributed by atoms with E-state index in [4.69, 9.17) is 16.3 Å². The zero-order valence-corrected chi connectivity index (χ0v) is 16.9. The number of rotatable bonds is 6. The van der Waals surface area contributed by atoms with Crippen LogP contribution in [0, 0.1) is 0 Å². The Labute approximate surface area is 176 Å². The Kier molecular flexibility index (Phi) is 5.64. The predicted octanol–water partition coefficient (Wildman–Crippen LogP) is 4.21. The van der Waals surface area contributed by atoms with Gasteiger partial charge in [0.15, 0.2) is 5.65 Å². The molecule has 4 aromatic rings. The molecule has 0 saturated carbocycles. The van der Waals surface area contributed by atoms with E-state index in [0.717, 1.165) is 11.1 Å². The second kappa shape index (κ2) is 8.50. The summed E-state index contributed by atoms with van der Waals surface area (Å²) in [5.41, 5.74) is 2.19. The summed E-state index contributed by atoms with van der Waals surface area (Å²) in [5.74, 6) is 0.748. The van der Waals surface area contributed by atoms with Crippen molar-refractivity contribution >= 4 is 46.0 Å². The average molecular weight is 426 g/mol. The quantitative estimate of drug-likeness (QED) is 0.368. The van der Waals surface area contributed by atoms with Crippen LogP contribution in [0.5, 0.6) is 5.75 Å². The van der Waals surface area contributed by atoms with Crippen molar-refractivity contribution in [2.75, 3.05) is 18.2 Å². The van der Waals surface area contributed by atoms with Crippen molar-refractivity contribution in [2.45, 2.75) is 5.03 Å². The molecular weight excluding hydrogens is 410 g/mol. The Morgan fingerprint density at radius 3 is 2.83 bits per heavy atom. The summed E-state index contributed by atoms with van der Waals surface area (Å²) < 4.78 is 6.89. The van der Waals surface area contributed by atoms with Gasteiger partial charge in [-0.25, -0.2) is 14.6 Å². The van der Waals surface area contributed by atoms with Crippen LogP contribution in [0.1, 0.15) is 0 Å². The number of thioether (sulfide) groups is 1. The molecule has 0 unspecified atom stereocenters. The highest BCUT2D eigenvalue weighted by molar-refractivity contribution is 8.00. The van der Waals surface area contributed by atoms with Gasteiger partial charge < -0.3 is 10.1 Å². The number of hydrogen-bond donors (Lipinski definition) is 1. The molecule has 0 bridgehead atoms. The number of methoxy groups -OCH3 is 1. The summed E-state index contributed by atoms with van der Waals surface area (Å²) in [6.45, 7) is 0. The second-order valence-corrected chi connectivity index (χ2v) is 7.42. The molecule has 0 fully saturated rings. The van der Waals surface area contributed by atoms with Crippen molar-refractivity contribution in [3.8, 4) is 11.4 Å². The topological polar surface area (TPSA) is 81.9 Å². The van der Waals surface area contributed by atoms with Crippen LogP contribution in [0.2, 0.25) is 5.02 Å². The van der Waals surface area contributed by atoms with Crippen molar-refractivity contribution in [1.29, 1.82) is 0 Å². The Morgan fingerprint density at radius 2 is 2.03 bits per heavy atom. The van der Waals surface area contributed by atoms with Crippen molar-refractivity contribution in [1.82, 2.24) is 19.7 Å². The maximum absolute atomic E-state index is 12.3. The standard InChI is InChI=1S/C20H16ClN5O2S/c1-28-16-4-2-3-14(9-16)25-18(27)11-29-20-17-10-24-26(19(17)22-12-23-20)15-7-5-13(21)6-8-15/h2-10,12H,11H2,1H3,(H,25,27). The number of nitrogens with one attached hydrogen (secondary N) is 1. The number of ether oxygens (including phenoxy) is 1. The van der Waals surface area contributed by atoms with E-state index in [0.29, 0.717) is 27.1 Å². The van der Waals surface area contributed by atoms with E-state index in [1.54, 1.807) is 36.2 Å². The van der Waals surface area contributed by atoms with Gasteiger partial charge in [-0.2, -0.15) is 5.10 Å². The molecule has 0 aliphatic heterocycles. The molecular formula is C20H16ClN5O2S. The summed E-state index contributed by atoms with van der Waals surface area (Å²) in [4.78, 5) is 21.0. The van der Waals surface area contributed by atoms with E-state index >= 15 is 0 Å². The molecule has 0 aliphatic carbocycles. The Morgan fingerprint density at radius 1 is 1.21 bits per heavy atom. The molecule has 0 saturated heterocycles. The van der Waals surface area contributed by atoms with Crippen LogP contribution >= 0.6 is 23.4 Å². The number of fused-ring (bicyclic) bond motifs is 1. The lowest BCUT2D eigenvalue weighted by atomic mass is 10.3. The first-order valence-corrected chi connectivity index (χ1v) is 10.0. The molecule has 1 amide bonds. The fraction of sp³-hybridized carbons (Fsp3) is 0.100. The lowest BCUT2D eigenvalue weighted by Crippen LogP contribution is -2.14. The highest BCUT2D eigenvalue weighted by atomic mass is 35.5. The Hall–Kier alpha value is -3.10. The molecule has 0 radical (unpaired) electrons. The van der Waals surface area contributed by atoms with Gasteiger partial charge in [0.1, 0.15) is 17.1 Å².